The zero-order valence-corrected chi connectivity index (χ0v) is 24.2. The Morgan fingerprint density at radius 3 is 2.71 bits per heavy atom. The van der Waals surface area contributed by atoms with Crippen LogP contribution in [0.5, 0.6) is 0 Å². The lowest BCUT2D eigenvalue weighted by atomic mass is 9.56. The molecule has 1 N–H and O–H groups in total. The summed E-state index contributed by atoms with van der Waals surface area (Å²) in [5, 5.41) is 10.4. The van der Waals surface area contributed by atoms with E-state index in [-0.39, 0.29) is 11.7 Å². The van der Waals surface area contributed by atoms with E-state index < -0.39 is 0 Å². The molecule has 1 unspecified atom stereocenters. The minimum absolute atomic E-state index is 0.000231. The number of ether oxygens (including phenoxy) is 1. The Bertz CT molecular complexity index is 1120. The standard InChI is InChI=1S/C35H49NO2/c1-22-16-32-33(36(20-22)21-25-8-6-5-7-9-25)24(3)35(38-32)15-13-28-29-11-10-26-17-27(37)12-14-34(26,4)31(29)18-30(28)23(2)19-35/h5-10,22,24,27-29,31-33,37H,11-21H2,1-4H3/t22-,24+,27-,28-,29-,31-,32+,33-,34?,35-/m0/s1. The summed E-state index contributed by atoms with van der Waals surface area (Å²) >= 11 is 0. The third kappa shape index (κ3) is 3.93. The third-order valence-corrected chi connectivity index (χ3v) is 12.5. The molecule has 0 aromatic heterocycles. The number of rotatable bonds is 2. The van der Waals surface area contributed by atoms with Crippen molar-refractivity contribution >= 4 is 0 Å². The van der Waals surface area contributed by atoms with Crippen LogP contribution in [0.2, 0.25) is 0 Å². The summed E-state index contributed by atoms with van der Waals surface area (Å²) in [5.41, 5.74) is 6.78. The maximum absolute atomic E-state index is 10.4. The van der Waals surface area contributed by atoms with Crippen molar-refractivity contribution in [1.82, 2.24) is 4.90 Å². The summed E-state index contributed by atoms with van der Waals surface area (Å²) in [4.78, 5) is 2.78. The second-order valence-corrected chi connectivity index (χ2v) is 14.6. The highest BCUT2D eigenvalue weighted by atomic mass is 16.5. The number of piperidine rings is 1. The summed E-state index contributed by atoms with van der Waals surface area (Å²) < 4.78 is 7.30. The Morgan fingerprint density at radius 1 is 1.08 bits per heavy atom. The molecular formula is C35H49NO2. The molecule has 4 fully saturated rings. The molecule has 206 valence electrons. The van der Waals surface area contributed by atoms with Gasteiger partial charge in [0.05, 0.1) is 17.8 Å². The number of likely N-dealkylation sites (tertiary alicyclic amines) is 1. The number of allylic oxidation sites excluding steroid dienone is 2. The van der Waals surface area contributed by atoms with Crippen LogP contribution >= 0.6 is 0 Å². The maximum Gasteiger partial charge on any atom is 0.0765 e. The van der Waals surface area contributed by atoms with Gasteiger partial charge >= 0.3 is 0 Å². The Balaban J connectivity index is 1.15. The average Bonchev–Trinajstić information content (AvgIpc) is 3.35. The van der Waals surface area contributed by atoms with Gasteiger partial charge in [0.15, 0.2) is 0 Å². The molecule has 0 bridgehead atoms. The van der Waals surface area contributed by atoms with Gasteiger partial charge in [-0.15, -0.1) is 0 Å². The normalized spacial score (nSPS) is 46.7. The number of nitrogens with zero attached hydrogens (tertiary/aromatic N) is 1. The monoisotopic (exact) mass is 515 g/mol. The zero-order chi connectivity index (χ0) is 26.2. The molecule has 0 amide bonds. The molecule has 1 aromatic rings. The topological polar surface area (TPSA) is 32.7 Å². The summed E-state index contributed by atoms with van der Waals surface area (Å²) in [6.45, 7) is 12.2. The van der Waals surface area contributed by atoms with Crippen LogP contribution in [-0.4, -0.2) is 40.4 Å². The van der Waals surface area contributed by atoms with Crippen molar-refractivity contribution in [2.45, 2.75) is 116 Å². The highest BCUT2D eigenvalue weighted by molar-refractivity contribution is 5.34. The SMILES string of the molecule is CC1=C2C[C@H]3[C@@H](CC=C4C[C@@H](O)CCC43C)[C@@H]2CC[C@@]2(C1)O[C@@H]1C[C@H](C)CN(Cc3ccccc3)[C@H]1[C@H]2C. The van der Waals surface area contributed by atoms with Crippen LogP contribution in [0.1, 0.15) is 91.0 Å². The fourth-order valence-corrected chi connectivity index (χ4v) is 10.6. The summed E-state index contributed by atoms with van der Waals surface area (Å²) in [6.07, 6.45) is 13.3. The first-order valence-electron chi connectivity index (χ1n) is 15.8. The first kappa shape index (κ1) is 25.5. The van der Waals surface area contributed by atoms with E-state index in [9.17, 15) is 5.11 Å². The Hall–Kier alpha value is -1.42. The lowest BCUT2D eigenvalue weighted by molar-refractivity contribution is -0.0798. The molecule has 3 nitrogen and oxygen atoms in total. The Labute approximate surface area is 230 Å². The molecule has 4 aliphatic carbocycles. The van der Waals surface area contributed by atoms with Crippen LogP contribution in [-0.2, 0) is 11.3 Å². The van der Waals surface area contributed by atoms with Gasteiger partial charge in [-0.3, -0.25) is 4.90 Å². The number of fused-ring (bicyclic) bond motifs is 6. The predicted octanol–water partition coefficient (Wildman–Crippen LogP) is 7.30. The molecule has 2 saturated heterocycles. The highest BCUT2D eigenvalue weighted by Crippen LogP contribution is 2.64. The van der Waals surface area contributed by atoms with Gasteiger partial charge in [-0.2, -0.15) is 0 Å². The van der Waals surface area contributed by atoms with Crippen molar-refractivity contribution in [2.75, 3.05) is 6.54 Å². The molecular weight excluding hydrogens is 466 g/mol. The molecule has 2 heterocycles. The van der Waals surface area contributed by atoms with Crippen molar-refractivity contribution < 1.29 is 9.84 Å². The highest BCUT2D eigenvalue weighted by Gasteiger charge is 2.59. The van der Waals surface area contributed by atoms with Gasteiger partial charge in [0.25, 0.3) is 0 Å². The number of benzene rings is 1. The smallest absolute Gasteiger partial charge is 0.0765 e. The molecule has 2 aliphatic heterocycles. The first-order valence-corrected chi connectivity index (χ1v) is 15.8. The zero-order valence-electron chi connectivity index (χ0n) is 24.2. The molecule has 3 heteroatoms. The third-order valence-electron chi connectivity index (χ3n) is 12.5. The van der Waals surface area contributed by atoms with Crippen LogP contribution in [0.4, 0.5) is 0 Å². The minimum Gasteiger partial charge on any atom is -0.393 e. The van der Waals surface area contributed by atoms with E-state index >= 15 is 0 Å². The molecule has 10 atom stereocenters. The van der Waals surface area contributed by atoms with Crippen LogP contribution in [0, 0.1) is 35.0 Å². The van der Waals surface area contributed by atoms with E-state index in [0.717, 1.165) is 43.6 Å². The second-order valence-electron chi connectivity index (χ2n) is 14.6. The maximum atomic E-state index is 10.4. The first-order chi connectivity index (χ1) is 18.3. The van der Waals surface area contributed by atoms with Crippen molar-refractivity contribution in [3.8, 4) is 0 Å². The van der Waals surface area contributed by atoms with Gasteiger partial charge in [0.2, 0.25) is 0 Å². The summed E-state index contributed by atoms with van der Waals surface area (Å²) in [5.74, 6) is 3.53. The van der Waals surface area contributed by atoms with E-state index in [0.29, 0.717) is 29.4 Å². The number of aliphatic hydroxyl groups is 1. The fraction of sp³-hybridized carbons (Fsp3) is 0.714. The molecule has 2 saturated carbocycles. The number of hydrogen-bond acceptors (Lipinski definition) is 3. The molecule has 38 heavy (non-hydrogen) atoms. The van der Waals surface area contributed by atoms with E-state index in [1.165, 1.54) is 50.6 Å². The van der Waals surface area contributed by atoms with Gasteiger partial charge in [-0.05, 0) is 99.4 Å². The van der Waals surface area contributed by atoms with E-state index in [1.54, 1.807) is 16.7 Å². The summed E-state index contributed by atoms with van der Waals surface area (Å²) in [7, 11) is 0. The predicted molar refractivity (Wildman–Crippen MR) is 153 cm³/mol. The molecule has 0 radical (unpaired) electrons. The van der Waals surface area contributed by atoms with Gasteiger partial charge in [0, 0.05) is 25.0 Å². The van der Waals surface area contributed by atoms with E-state index in [1.807, 2.05) is 0 Å². The minimum atomic E-state index is -0.118. The molecule has 1 spiro atoms. The van der Waals surface area contributed by atoms with Crippen LogP contribution < -0.4 is 0 Å². The lowest BCUT2D eigenvalue weighted by Crippen LogP contribution is -2.51. The van der Waals surface area contributed by atoms with E-state index in [2.05, 4.69) is 69.0 Å². The van der Waals surface area contributed by atoms with E-state index in [4.69, 9.17) is 4.74 Å². The van der Waals surface area contributed by atoms with Crippen LogP contribution in [0.15, 0.2) is 53.1 Å². The Morgan fingerprint density at radius 2 is 1.89 bits per heavy atom. The van der Waals surface area contributed by atoms with Crippen molar-refractivity contribution in [3.63, 3.8) is 0 Å². The van der Waals surface area contributed by atoms with Crippen LogP contribution in [0.3, 0.4) is 0 Å². The van der Waals surface area contributed by atoms with Crippen molar-refractivity contribution in [2.24, 2.45) is 35.0 Å². The number of hydrogen-bond donors (Lipinski definition) is 1. The van der Waals surface area contributed by atoms with Crippen molar-refractivity contribution in [3.05, 3.63) is 58.7 Å². The van der Waals surface area contributed by atoms with Crippen LogP contribution in [0.25, 0.3) is 0 Å². The largest absolute Gasteiger partial charge is 0.393 e. The number of aliphatic hydroxyl groups excluding tert-OH is 1. The van der Waals surface area contributed by atoms with Gasteiger partial charge in [-0.25, -0.2) is 0 Å². The van der Waals surface area contributed by atoms with Gasteiger partial charge < -0.3 is 9.84 Å². The summed E-state index contributed by atoms with van der Waals surface area (Å²) in [6, 6.07) is 11.6. The molecule has 7 rings (SSSR count). The quantitative estimate of drug-likeness (QED) is 0.419. The van der Waals surface area contributed by atoms with Crippen molar-refractivity contribution in [1.29, 1.82) is 0 Å². The molecule has 1 aromatic carbocycles. The van der Waals surface area contributed by atoms with Gasteiger partial charge in [-0.1, -0.05) is 73.9 Å². The molecule has 6 aliphatic rings. The fourth-order valence-electron chi connectivity index (χ4n) is 10.6. The average molecular weight is 516 g/mol. The van der Waals surface area contributed by atoms with Gasteiger partial charge in [0.1, 0.15) is 0 Å². The lowest BCUT2D eigenvalue weighted by Gasteiger charge is -2.49. The Kier molecular flexibility index (Phi) is 6.26. The second kappa shape index (κ2) is 9.32.